The van der Waals surface area contributed by atoms with Crippen molar-refractivity contribution in [2.75, 3.05) is 41.0 Å². The number of carbonyl (C=O) groups excluding carboxylic acids is 1. The van der Waals surface area contributed by atoms with E-state index in [0.717, 1.165) is 19.3 Å². The molecule has 35 heavy (non-hydrogen) atoms. The maximum Gasteiger partial charge on any atom is 0.362 e. The van der Waals surface area contributed by atoms with Crippen molar-refractivity contribution in [3.8, 4) is 0 Å². The monoisotopic (exact) mass is 500 g/mol. The Kier molecular flexibility index (Phi) is 20.9. The summed E-state index contributed by atoms with van der Waals surface area (Å²) in [6.45, 7) is 2.40. The standard InChI is InChI=1S/C28H53NO6/c1-5-6-7-8-9-10-11-12-13-14-15-16-17-18-19-20-27(31)35-24-25(30)23-34-22-21-26(28(32)33)29(2,3)4/h10-11,25-26,30H,5-9,12-24H2,1-4H3/p+1/b11-10+. The van der Waals surface area contributed by atoms with Crippen molar-refractivity contribution in [2.45, 2.75) is 115 Å². The molecule has 206 valence electrons. The van der Waals surface area contributed by atoms with Gasteiger partial charge in [0.15, 0.2) is 6.04 Å². The summed E-state index contributed by atoms with van der Waals surface area (Å²) < 4.78 is 10.8. The average Bonchev–Trinajstić information content (AvgIpc) is 2.79. The van der Waals surface area contributed by atoms with Crippen LogP contribution in [0.2, 0.25) is 0 Å². The van der Waals surface area contributed by atoms with Gasteiger partial charge in [-0.2, -0.15) is 0 Å². The normalized spacial score (nSPS) is 13.7. The minimum atomic E-state index is -0.901. The summed E-state index contributed by atoms with van der Waals surface area (Å²) in [5.41, 5.74) is 0. The van der Waals surface area contributed by atoms with Crippen LogP contribution in [0.15, 0.2) is 12.2 Å². The zero-order valence-corrected chi connectivity index (χ0v) is 23.0. The van der Waals surface area contributed by atoms with E-state index in [4.69, 9.17) is 9.47 Å². The lowest BCUT2D eigenvalue weighted by atomic mass is 10.1. The van der Waals surface area contributed by atoms with E-state index in [-0.39, 0.29) is 25.8 Å². The number of carboxylic acid groups (broad SMARTS) is 1. The van der Waals surface area contributed by atoms with Gasteiger partial charge in [-0.1, -0.05) is 70.4 Å². The molecule has 2 N–H and O–H groups in total. The molecule has 0 rings (SSSR count). The molecule has 0 saturated heterocycles. The average molecular weight is 501 g/mol. The molecule has 0 aliphatic heterocycles. The fraction of sp³-hybridized carbons (Fsp3) is 0.857. The molecule has 2 atom stereocenters. The Balaban J connectivity index is 3.55. The van der Waals surface area contributed by atoms with Gasteiger partial charge in [-0.15, -0.1) is 0 Å². The molecule has 2 unspecified atom stereocenters. The molecule has 0 amide bonds. The molecule has 0 aromatic rings. The second-order valence-electron chi connectivity index (χ2n) is 10.5. The predicted molar refractivity (Wildman–Crippen MR) is 141 cm³/mol. The van der Waals surface area contributed by atoms with Crippen molar-refractivity contribution in [3.05, 3.63) is 12.2 Å². The van der Waals surface area contributed by atoms with Gasteiger partial charge in [0.25, 0.3) is 0 Å². The zero-order chi connectivity index (χ0) is 26.4. The van der Waals surface area contributed by atoms with E-state index in [9.17, 15) is 19.8 Å². The number of aliphatic carboxylic acids is 1. The molecule has 7 heteroatoms. The van der Waals surface area contributed by atoms with Crippen molar-refractivity contribution in [3.63, 3.8) is 0 Å². The van der Waals surface area contributed by atoms with Crippen LogP contribution in [-0.4, -0.2) is 79.7 Å². The van der Waals surface area contributed by atoms with Crippen LogP contribution < -0.4 is 0 Å². The van der Waals surface area contributed by atoms with Crippen molar-refractivity contribution in [1.82, 2.24) is 0 Å². The SMILES string of the molecule is CCCCCC/C=C/CCCCCCCCCC(=O)OCC(O)COCCC(C(=O)O)[N+](C)(C)C. The van der Waals surface area contributed by atoms with E-state index in [0.29, 0.717) is 17.3 Å². The van der Waals surface area contributed by atoms with Gasteiger partial charge in [0.2, 0.25) is 0 Å². The number of likely N-dealkylation sites (N-methyl/N-ethyl adjacent to an activating group) is 1. The molecule has 0 aliphatic rings. The van der Waals surface area contributed by atoms with E-state index in [1.165, 1.54) is 64.2 Å². The lowest BCUT2D eigenvalue weighted by Crippen LogP contribution is -2.50. The van der Waals surface area contributed by atoms with Crippen molar-refractivity contribution in [2.24, 2.45) is 0 Å². The van der Waals surface area contributed by atoms with Crippen LogP contribution in [0, 0.1) is 0 Å². The number of unbranched alkanes of at least 4 members (excludes halogenated alkanes) is 11. The van der Waals surface area contributed by atoms with Crippen LogP contribution in [0.4, 0.5) is 0 Å². The summed E-state index contributed by atoms with van der Waals surface area (Å²) in [5.74, 6) is -1.16. The highest BCUT2D eigenvalue weighted by Gasteiger charge is 2.30. The molecule has 0 aliphatic carbocycles. The molecule has 0 spiro atoms. The second-order valence-corrected chi connectivity index (χ2v) is 10.5. The topological polar surface area (TPSA) is 93.1 Å². The van der Waals surface area contributed by atoms with Gasteiger partial charge >= 0.3 is 11.9 Å². The van der Waals surface area contributed by atoms with E-state index < -0.39 is 18.1 Å². The summed E-state index contributed by atoms with van der Waals surface area (Å²) >= 11 is 0. The van der Waals surface area contributed by atoms with E-state index in [1.54, 1.807) is 0 Å². The Morgan fingerprint density at radius 1 is 0.829 bits per heavy atom. The molecule has 0 saturated carbocycles. The van der Waals surface area contributed by atoms with Crippen LogP contribution in [0.5, 0.6) is 0 Å². The van der Waals surface area contributed by atoms with Gasteiger partial charge in [-0.3, -0.25) is 4.79 Å². The van der Waals surface area contributed by atoms with E-state index in [1.807, 2.05) is 21.1 Å². The molecule has 0 radical (unpaired) electrons. The largest absolute Gasteiger partial charge is 0.477 e. The third-order valence-corrected chi connectivity index (χ3v) is 6.15. The first-order valence-corrected chi connectivity index (χ1v) is 13.8. The molecular weight excluding hydrogens is 446 g/mol. The number of nitrogens with zero attached hydrogens (tertiary/aromatic N) is 1. The third kappa shape index (κ3) is 21.6. The number of aliphatic hydroxyl groups is 1. The Hall–Kier alpha value is -1.44. The summed E-state index contributed by atoms with van der Waals surface area (Å²) in [5, 5.41) is 19.2. The molecule has 0 aromatic carbocycles. The van der Waals surface area contributed by atoms with Crippen LogP contribution >= 0.6 is 0 Å². The molecule has 0 bridgehead atoms. The fourth-order valence-electron chi connectivity index (χ4n) is 3.91. The number of quaternary nitrogens is 1. The van der Waals surface area contributed by atoms with Crippen LogP contribution in [0.1, 0.15) is 103 Å². The fourth-order valence-corrected chi connectivity index (χ4v) is 3.91. The minimum absolute atomic E-state index is 0.0194. The van der Waals surface area contributed by atoms with Gasteiger partial charge in [0.05, 0.1) is 34.4 Å². The van der Waals surface area contributed by atoms with Crippen molar-refractivity contribution < 1.29 is 33.8 Å². The number of rotatable bonds is 24. The zero-order valence-electron chi connectivity index (χ0n) is 23.0. The highest BCUT2D eigenvalue weighted by atomic mass is 16.5. The number of ether oxygens (including phenoxy) is 2. The minimum Gasteiger partial charge on any atom is -0.477 e. The van der Waals surface area contributed by atoms with E-state index in [2.05, 4.69) is 19.1 Å². The number of allylic oxidation sites excluding steroid dienone is 2. The first-order chi connectivity index (χ1) is 16.7. The van der Waals surface area contributed by atoms with Crippen LogP contribution in [-0.2, 0) is 19.1 Å². The van der Waals surface area contributed by atoms with Gasteiger partial charge in [0, 0.05) is 12.8 Å². The van der Waals surface area contributed by atoms with Gasteiger partial charge in [-0.25, -0.2) is 4.79 Å². The van der Waals surface area contributed by atoms with Crippen molar-refractivity contribution in [1.29, 1.82) is 0 Å². The Bertz CT molecular complexity index is 558. The summed E-state index contributed by atoms with van der Waals surface area (Å²) in [6.07, 6.45) is 20.2. The second kappa shape index (κ2) is 21.8. The first kappa shape index (κ1) is 33.6. The molecule has 0 fully saturated rings. The van der Waals surface area contributed by atoms with Gasteiger partial charge in [0.1, 0.15) is 12.7 Å². The van der Waals surface area contributed by atoms with Crippen LogP contribution in [0.25, 0.3) is 0 Å². The summed E-state index contributed by atoms with van der Waals surface area (Å²) in [4.78, 5) is 23.2. The highest BCUT2D eigenvalue weighted by Crippen LogP contribution is 2.11. The molecule has 0 aromatic heterocycles. The highest BCUT2D eigenvalue weighted by molar-refractivity contribution is 5.72. The molecular formula is C28H54NO6+. The predicted octanol–water partition coefficient (Wildman–Crippen LogP) is 5.49. The first-order valence-electron chi connectivity index (χ1n) is 13.8. The number of aliphatic hydroxyl groups excluding tert-OH is 1. The van der Waals surface area contributed by atoms with E-state index >= 15 is 0 Å². The lowest BCUT2D eigenvalue weighted by Gasteiger charge is -2.31. The molecule has 0 heterocycles. The number of carbonyl (C=O) groups is 2. The third-order valence-electron chi connectivity index (χ3n) is 6.15. The number of hydrogen-bond acceptors (Lipinski definition) is 5. The number of hydrogen-bond donors (Lipinski definition) is 2. The number of esters is 1. The van der Waals surface area contributed by atoms with Crippen LogP contribution in [0.3, 0.4) is 0 Å². The summed E-state index contributed by atoms with van der Waals surface area (Å²) in [6, 6.07) is -0.572. The quantitative estimate of drug-likeness (QED) is 0.0787. The van der Waals surface area contributed by atoms with Gasteiger partial charge < -0.3 is 24.2 Å². The maximum atomic E-state index is 11.8. The molecule has 7 nitrogen and oxygen atoms in total. The van der Waals surface area contributed by atoms with Crippen molar-refractivity contribution >= 4 is 11.9 Å². The Morgan fingerprint density at radius 3 is 1.91 bits per heavy atom. The maximum absolute atomic E-state index is 11.8. The lowest BCUT2D eigenvalue weighted by molar-refractivity contribution is -0.887. The Morgan fingerprint density at radius 2 is 1.37 bits per heavy atom. The Labute approximate surface area is 214 Å². The summed E-state index contributed by atoms with van der Waals surface area (Å²) in [7, 11) is 5.47. The van der Waals surface area contributed by atoms with Gasteiger partial charge in [-0.05, 0) is 32.1 Å². The number of carboxylic acids is 1. The smallest absolute Gasteiger partial charge is 0.362 e.